The summed E-state index contributed by atoms with van der Waals surface area (Å²) in [4.78, 5) is 10.2. The van der Waals surface area contributed by atoms with Crippen LogP contribution in [0, 0.1) is 21.4 Å². The number of hydrogen-bond acceptors (Lipinski definition) is 4. The summed E-state index contributed by atoms with van der Waals surface area (Å²) in [5.41, 5.74) is 1.79. The number of nitro groups is 1. The third-order valence-corrected chi connectivity index (χ3v) is 3.20. The molecule has 0 saturated heterocycles. The molecule has 0 aliphatic heterocycles. The molecule has 20 heavy (non-hydrogen) atoms. The minimum absolute atomic E-state index is 0.0884. The van der Waals surface area contributed by atoms with Gasteiger partial charge in [0, 0.05) is 23.2 Å². The van der Waals surface area contributed by atoms with Crippen molar-refractivity contribution in [1.29, 1.82) is 5.26 Å². The van der Waals surface area contributed by atoms with E-state index in [1.165, 1.54) is 12.1 Å². The first-order chi connectivity index (χ1) is 9.60. The normalized spacial score (nSPS) is 9.80. The van der Waals surface area contributed by atoms with Gasteiger partial charge in [-0.25, -0.2) is 0 Å². The van der Waals surface area contributed by atoms with Crippen molar-refractivity contribution in [3.8, 4) is 6.07 Å². The van der Waals surface area contributed by atoms with Gasteiger partial charge in [-0.1, -0.05) is 28.1 Å². The van der Waals surface area contributed by atoms with Crippen LogP contribution in [0.4, 0.5) is 11.4 Å². The maximum Gasteiger partial charge on any atom is 0.270 e. The molecule has 0 bridgehead atoms. The van der Waals surface area contributed by atoms with Crippen LogP contribution in [0.1, 0.15) is 11.1 Å². The second kappa shape index (κ2) is 6.17. The second-order valence-corrected chi connectivity index (χ2v) is 5.00. The Kier molecular flexibility index (Phi) is 4.33. The molecule has 0 aromatic heterocycles. The Hall–Kier alpha value is -2.39. The molecule has 0 atom stereocenters. The summed E-state index contributed by atoms with van der Waals surface area (Å²) >= 11 is 3.39. The summed E-state index contributed by atoms with van der Waals surface area (Å²) in [6.07, 6.45) is 0. The standard InChI is InChI=1S/C14H10BrN3O2/c15-12-3-1-2-10(6-12)9-17-14-5-4-13(18(19)20)7-11(14)8-16/h1-7,17H,9H2. The van der Waals surface area contributed by atoms with E-state index in [2.05, 4.69) is 21.2 Å². The third-order valence-electron chi connectivity index (χ3n) is 2.71. The van der Waals surface area contributed by atoms with Crippen LogP contribution in [-0.2, 0) is 6.54 Å². The molecule has 0 aliphatic carbocycles. The molecule has 2 aromatic rings. The molecule has 0 aliphatic rings. The molecule has 1 N–H and O–H groups in total. The minimum Gasteiger partial charge on any atom is -0.380 e. The molecule has 0 fully saturated rings. The summed E-state index contributed by atoms with van der Waals surface area (Å²) in [7, 11) is 0. The smallest absolute Gasteiger partial charge is 0.270 e. The lowest BCUT2D eigenvalue weighted by Gasteiger charge is -2.08. The van der Waals surface area contributed by atoms with Crippen molar-refractivity contribution in [3.63, 3.8) is 0 Å². The van der Waals surface area contributed by atoms with Gasteiger partial charge in [0.15, 0.2) is 0 Å². The predicted molar refractivity (Wildman–Crippen MR) is 79.3 cm³/mol. The number of nitro benzene ring substituents is 1. The van der Waals surface area contributed by atoms with Crippen molar-refractivity contribution in [2.75, 3.05) is 5.32 Å². The second-order valence-electron chi connectivity index (χ2n) is 4.08. The molecule has 100 valence electrons. The lowest BCUT2D eigenvalue weighted by atomic mass is 10.1. The van der Waals surface area contributed by atoms with Crippen LogP contribution in [0.15, 0.2) is 46.9 Å². The third kappa shape index (κ3) is 3.33. The molecule has 0 amide bonds. The van der Waals surface area contributed by atoms with E-state index < -0.39 is 4.92 Å². The van der Waals surface area contributed by atoms with Gasteiger partial charge in [0.05, 0.1) is 16.2 Å². The van der Waals surface area contributed by atoms with Crippen molar-refractivity contribution in [1.82, 2.24) is 0 Å². The number of benzene rings is 2. The summed E-state index contributed by atoms with van der Waals surface area (Å²) < 4.78 is 0.973. The number of anilines is 1. The van der Waals surface area contributed by atoms with Gasteiger partial charge in [0.1, 0.15) is 6.07 Å². The number of hydrogen-bond donors (Lipinski definition) is 1. The van der Waals surface area contributed by atoms with E-state index in [0.717, 1.165) is 10.0 Å². The quantitative estimate of drug-likeness (QED) is 0.681. The molecular formula is C14H10BrN3O2. The number of rotatable bonds is 4. The van der Waals surface area contributed by atoms with Crippen LogP contribution in [0.2, 0.25) is 0 Å². The number of nitriles is 1. The summed E-state index contributed by atoms with van der Waals surface area (Å²) in [5.74, 6) is 0. The van der Waals surface area contributed by atoms with E-state index in [1.807, 2.05) is 30.3 Å². The summed E-state index contributed by atoms with van der Waals surface area (Å²) in [6.45, 7) is 0.534. The van der Waals surface area contributed by atoms with Crippen LogP contribution < -0.4 is 5.32 Å². The number of nitrogens with zero attached hydrogens (tertiary/aromatic N) is 2. The Balaban J connectivity index is 2.18. The van der Waals surface area contributed by atoms with Gasteiger partial charge in [-0.05, 0) is 23.8 Å². The highest BCUT2D eigenvalue weighted by Gasteiger charge is 2.10. The van der Waals surface area contributed by atoms with E-state index >= 15 is 0 Å². The van der Waals surface area contributed by atoms with Gasteiger partial charge >= 0.3 is 0 Å². The molecule has 0 unspecified atom stereocenters. The number of halogens is 1. The number of non-ortho nitro benzene ring substituents is 1. The van der Waals surface area contributed by atoms with E-state index in [4.69, 9.17) is 5.26 Å². The van der Waals surface area contributed by atoms with Crippen LogP contribution in [-0.4, -0.2) is 4.92 Å². The fourth-order valence-corrected chi connectivity index (χ4v) is 2.18. The Bertz CT molecular complexity index is 695. The molecule has 0 heterocycles. The molecule has 2 rings (SSSR count). The molecule has 2 aromatic carbocycles. The fourth-order valence-electron chi connectivity index (χ4n) is 1.74. The Morgan fingerprint density at radius 2 is 2.10 bits per heavy atom. The highest BCUT2D eigenvalue weighted by atomic mass is 79.9. The lowest BCUT2D eigenvalue weighted by Crippen LogP contribution is -2.02. The molecule has 5 nitrogen and oxygen atoms in total. The highest BCUT2D eigenvalue weighted by Crippen LogP contribution is 2.22. The van der Waals surface area contributed by atoms with E-state index in [9.17, 15) is 10.1 Å². The van der Waals surface area contributed by atoms with Crippen LogP contribution in [0.5, 0.6) is 0 Å². The average molecular weight is 332 g/mol. The largest absolute Gasteiger partial charge is 0.380 e. The van der Waals surface area contributed by atoms with Crippen LogP contribution >= 0.6 is 15.9 Å². The Morgan fingerprint density at radius 1 is 1.30 bits per heavy atom. The molecule has 0 radical (unpaired) electrons. The van der Waals surface area contributed by atoms with Crippen LogP contribution in [0.3, 0.4) is 0 Å². The molecule has 0 spiro atoms. The zero-order chi connectivity index (χ0) is 14.5. The molecular weight excluding hydrogens is 322 g/mol. The van der Waals surface area contributed by atoms with Crippen molar-refractivity contribution in [2.45, 2.75) is 6.54 Å². The zero-order valence-corrected chi connectivity index (χ0v) is 11.9. The average Bonchev–Trinajstić information content (AvgIpc) is 2.45. The van der Waals surface area contributed by atoms with Crippen LogP contribution in [0.25, 0.3) is 0 Å². The fraction of sp³-hybridized carbons (Fsp3) is 0.0714. The number of nitrogens with one attached hydrogen (secondary N) is 1. The zero-order valence-electron chi connectivity index (χ0n) is 10.3. The van der Waals surface area contributed by atoms with E-state index in [1.54, 1.807) is 6.07 Å². The monoisotopic (exact) mass is 331 g/mol. The summed E-state index contributed by atoms with van der Waals surface area (Å²) in [5, 5.41) is 22.8. The molecule has 6 heteroatoms. The predicted octanol–water partition coefficient (Wildman–Crippen LogP) is 3.84. The SMILES string of the molecule is N#Cc1cc([N+](=O)[O-])ccc1NCc1cccc(Br)c1. The first kappa shape index (κ1) is 14.0. The maximum absolute atomic E-state index is 10.7. The van der Waals surface area contributed by atoms with Gasteiger partial charge < -0.3 is 5.32 Å². The summed E-state index contributed by atoms with van der Waals surface area (Å²) in [6, 6.07) is 13.9. The van der Waals surface area contributed by atoms with Gasteiger partial charge in [-0.15, -0.1) is 0 Å². The first-order valence-corrected chi connectivity index (χ1v) is 6.56. The van der Waals surface area contributed by atoms with E-state index in [0.29, 0.717) is 12.2 Å². The van der Waals surface area contributed by atoms with Crippen molar-refractivity contribution >= 4 is 27.3 Å². The maximum atomic E-state index is 10.7. The van der Waals surface area contributed by atoms with Gasteiger partial charge in [0.2, 0.25) is 0 Å². The van der Waals surface area contributed by atoms with Gasteiger partial charge in [-0.3, -0.25) is 10.1 Å². The van der Waals surface area contributed by atoms with Gasteiger partial charge in [-0.2, -0.15) is 5.26 Å². The van der Waals surface area contributed by atoms with Crippen molar-refractivity contribution in [3.05, 3.63) is 68.2 Å². The Morgan fingerprint density at radius 3 is 2.75 bits per heavy atom. The Labute approximate surface area is 124 Å². The highest BCUT2D eigenvalue weighted by molar-refractivity contribution is 9.10. The van der Waals surface area contributed by atoms with E-state index in [-0.39, 0.29) is 11.3 Å². The first-order valence-electron chi connectivity index (χ1n) is 5.77. The minimum atomic E-state index is -0.515. The topological polar surface area (TPSA) is 79.0 Å². The van der Waals surface area contributed by atoms with Gasteiger partial charge in [0.25, 0.3) is 5.69 Å². The lowest BCUT2D eigenvalue weighted by molar-refractivity contribution is -0.384. The molecule has 0 saturated carbocycles. The van der Waals surface area contributed by atoms with Crippen molar-refractivity contribution in [2.24, 2.45) is 0 Å². The van der Waals surface area contributed by atoms with Crippen molar-refractivity contribution < 1.29 is 4.92 Å².